The first-order valence-corrected chi connectivity index (χ1v) is 9.85. The molecule has 1 aliphatic rings. The summed E-state index contributed by atoms with van der Waals surface area (Å²) in [6, 6.07) is 17.4. The molecule has 0 bridgehead atoms. The number of rotatable bonds is 8. The first kappa shape index (κ1) is 19.9. The molecule has 0 spiro atoms. The van der Waals surface area contributed by atoms with Crippen molar-refractivity contribution in [2.45, 2.75) is 32.1 Å². The van der Waals surface area contributed by atoms with Gasteiger partial charge in [0.1, 0.15) is 5.75 Å². The van der Waals surface area contributed by atoms with E-state index in [0.29, 0.717) is 26.0 Å². The molecule has 2 aromatic rings. The second kappa shape index (κ2) is 9.40. The van der Waals surface area contributed by atoms with Crippen molar-refractivity contribution < 1.29 is 19.4 Å². The average Bonchev–Trinajstić information content (AvgIpc) is 3.18. The first-order chi connectivity index (χ1) is 13.6. The molecule has 5 nitrogen and oxygen atoms in total. The molecule has 0 aliphatic carbocycles. The highest BCUT2D eigenvalue weighted by atomic mass is 16.5. The highest BCUT2D eigenvalue weighted by molar-refractivity contribution is 5.80. The lowest BCUT2D eigenvalue weighted by molar-refractivity contribution is -0.141. The number of nitrogens with zero attached hydrogens (tertiary/aromatic N) is 1. The van der Waals surface area contributed by atoms with Crippen LogP contribution in [-0.2, 0) is 16.0 Å². The third-order valence-corrected chi connectivity index (χ3v) is 5.24. The Kier molecular flexibility index (Phi) is 6.69. The largest absolute Gasteiger partial charge is 0.494 e. The summed E-state index contributed by atoms with van der Waals surface area (Å²) in [4.78, 5) is 26.1. The van der Waals surface area contributed by atoms with Crippen LogP contribution in [0.1, 0.15) is 36.8 Å². The summed E-state index contributed by atoms with van der Waals surface area (Å²) < 4.78 is 5.57. The number of aliphatic carboxylic acids is 1. The van der Waals surface area contributed by atoms with Gasteiger partial charge in [0.2, 0.25) is 5.91 Å². The fraction of sp³-hybridized carbons (Fsp3) is 0.391. The van der Waals surface area contributed by atoms with Crippen molar-refractivity contribution >= 4 is 11.9 Å². The summed E-state index contributed by atoms with van der Waals surface area (Å²) in [6.07, 6.45) is 1.98. The number of carboxylic acid groups (broad SMARTS) is 1. The quantitative estimate of drug-likeness (QED) is 0.757. The van der Waals surface area contributed by atoms with Crippen LogP contribution in [0, 0.1) is 5.92 Å². The van der Waals surface area contributed by atoms with Gasteiger partial charge in [-0.2, -0.15) is 0 Å². The average molecular weight is 381 g/mol. The van der Waals surface area contributed by atoms with Gasteiger partial charge in [-0.3, -0.25) is 9.59 Å². The van der Waals surface area contributed by atoms with Gasteiger partial charge in [-0.25, -0.2) is 0 Å². The minimum atomic E-state index is -0.841. The Morgan fingerprint density at radius 1 is 1.07 bits per heavy atom. The van der Waals surface area contributed by atoms with E-state index in [2.05, 4.69) is 6.92 Å². The van der Waals surface area contributed by atoms with Crippen LogP contribution in [0.4, 0.5) is 0 Å². The van der Waals surface area contributed by atoms with Gasteiger partial charge in [0, 0.05) is 25.4 Å². The summed E-state index contributed by atoms with van der Waals surface area (Å²) in [5, 5.41) is 9.59. The van der Waals surface area contributed by atoms with Crippen molar-refractivity contribution in [3.63, 3.8) is 0 Å². The third-order valence-electron chi connectivity index (χ3n) is 5.24. The molecule has 1 aliphatic heterocycles. The zero-order chi connectivity index (χ0) is 19.9. The Morgan fingerprint density at radius 3 is 2.43 bits per heavy atom. The number of carbonyl (C=O) groups is 2. The predicted octanol–water partition coefficient (Wildman–Crippen LogP) is 3.73. The van der Waals surface area contributed by atoms with Crippen molar-refractivity contribution in [2.75, 3.05) is 19.7 Å². The monoisotopic (exact) mass is 381 g/mol. The van der Waals surface area contributed by atoms with Crippen LogP contribution in [0.25, 0.3) is 0 Å². The van der Waals surface area contributed by atoms with E-state index in [1.807, 2.05) is 54.6 Å². The maximum Gasteiger partial charge on any atom is 0.308 e. The summed E-state index contributed by atoms with van der Waals surface area (Å²) in [6.45, 7) is 3.50. The normalized spacial score (nSPS) is 18.8. The van der Waals surface area contributed by atoms with Gasteiger partial charge in [0.15, 0.2) is 0 Å². The number of ether oxygens (including phenoxy) is 1. The van der Waals surface area contributed by atoms with Gasteiger partial charge >= 0.3 is 5.97 Å². The fourth-order valence-corrected chi connectivity index (χ4v) is 3.68. The van der Waals surface area contributed by atoms with Crippen LogP contribution >= 0.6 is 0 Å². The van der Waals surface area contributed by atoms with Crippen molar-refractivity contribution in [3.05, 3.63) is 65.7 Å². The number of hydrogen-bond acceptors (Lipinski definition) is 3. The van der Waals surface area contributed by atoms with Gasteiger partial charge in [-0.1, -0.05) is 49.4 Å². The van der Waals surface area contributed by atoms with Crippen molar-refractivity contribution in [1.29, 1.82) is 0 Å². The maximum atomic E-state index is 12.7. The summed E-state index contributed by atoms with van der Waals surface area (Å²) in [5.74, 6) is -0.701. The Hall–Kier alpha value is -2.82. The minimum Gasteiger partial charge on any atom is -0.494 e. The van der Waals surface area contributed by atoms with Crippen molar-refractivity contribution in [3.8, 4) is 5.75 Å². The summed E-state index contributed by atoms with van der Waals surface area (Å²) >= 11 is 0. The van der Waals surface area contributed by atoms with Gasteiger partial charge in [-0.15, -0.1) is 0 Å². The molecule has 28 heavy (non-hydrogen) atoms. The van der Waals surface area contributed by atoms with Crippen LogP contribution in [0.15, 0.2) is 54.6 Å². The Bertz CT molecular complexity index is 788. The highest BCUT2D eigenvalue weighted by Crippen LogP contribution is 2.33. The van der Waals surface area contributed by atoms with E-state index >= 15 is 0 Å². The molecular weight excluding hydrogens is 354 g/mol. The Balaban J connectivity index is 1.58. The molecule has 1 amide bonds. The molecule has 1 heterocycles. The number of aryl methyl sites for hydroxylation is 1. The van der Waals surface area contributed by atoms with E-state index in [1.165, 1.54) is 0 Å². The lowest BCUT2D eigenvalue weighted by Crippen LogP contribution is -2.30. The molecule has 1 N–H and O–H groups in total. The molecule has 2 aromatic carbocycles. The Morgan fingerprint density at radius 2 is 1.79 bits per heavy atom. The van der Waals surface area contributed by atoms with Crippen molar-refractivity contribution in [2.24, 2.45) is 5.92 Å². The molecule has 1 saturated heterocycles. The number of likely N-dealkylation sites (tertiary alicyclic amines) is 1. The van der Waals surface area contributed by atoms with Crippen LogP contribution in [0.5, 0.6) is 5.75 Å². The fourth-order valence-electron chi connectivity index (χ4n) is 3.68. The van der Waals surface area contributed by atoms with Gasteiger partial charge in [-0.05, 0) is 36.1 Å². The molecule has 0 aromatic heterocycles. The van der Waals surface area contributed by atoms with Crippen LogP contribution in [0.2, 0.25) is 0 Å². The number of benzene rings is 2. The third kappa shape index (κ3) is 4.91. The maximum absolute atomic E-state index is 12.7. The molecule has 0 radical (unpaired) electrons. The first-order valence-electron chi connectivity index (χ1n) is 9.85. The minimum absolute atomic E-state index is 0.0102. The van der Waals surface area contributed by atoms with Gasteiger partial charge in [0.05, 0.1) is 12.5 Å². The Labute approximate surface area is 165 Å². The predicted molar refractivity (Wildman–Crippen MR) is 107 cm³/mol. The van der Waals surface area contributed by atoms with E-state index in [4.69, 9.17) is 4.74 Å². The number of hydrogen-bond donors (Lipinski definition) is 1. The van der Waals surface area contributed by atoms with Crippen LogP contribution < -0.4 is 4.74 Å². The lowest BCUT2D eigenvalue weighted by atomic mass is 9.89. The molecule has 148 valence electrons. The van der Waals surface area contributed by atoms with Gasteiger partial charge < -0.3 is 14.7 Å². The molecule has 1 fully saturated rings. The zero-order valence-electron chi connectivity index (χ0n) is 16.2. The lowest BCUT2D eigenvalue weighted by Gasteiger charge is -2.16. The molecule has 5 heteroatoms. The molecule has 2 atom stereocenters. The van der Waals surface area contributed by atoms with E-state index in [1.54, 1.807) is 4.90 Å². The summed E-state index contributed by atoms with van der Waals surface area (Å²) in [7, 11) is 0. The topological polar surface area (TPSA) is 66.8 Å². The SMILES string of the molecule is CCCOc1ccc(CCC(=O)N2CC(C(=O)O)C(c3ccccc3)C2)cc1. The smallest absolute Gasteiger partial charge is 0.308 e. The number of amides is 1. The second-order valence-corrected chi connectivity index (χ2v) is 7.25. The highest BCUT2D eigenvalue weighted by Gasteiger charge is 2.40. The molecule has 3 rings (SSSR count). The zero-order valence-corrected chi connectivity index (χ0v) is 16.2. The molecule has 0 saturated carbocycles. The second-order valence-electron chi connectivity index (χ2n) is 7.25. The molecule has 2 unspecified atom stereocenters. The number of carboxylic acids is 1. The van der Waals surface area contributed by atoms with Crippen LogP contribution in [-0.4, -0.2) is 41.6 Å². The molecular formula is C23H27NO4. The van der Waals surface area contributed by atoms with Gasteiger partial charge in [0.25, 0.3) is 0 Å². The van der Waals surface area contributed by atoms with Crippen LogP contribution in [0.3, 0.4) is 0 Å². The van der Waals surface area contributed by atoms with Crippen molar-refractivity contribution in [1.82, 2.24) is 4.90 Å². The van der Waals surface area contributed by atoms with E-state index in [-0.39, 0.29) is 18.4 Å². The number of carbonyl (C=O) groups excluding carboxylic acids is 1. The van der Waals surface area contributed by atoms with E-state index in [9.17, 15) is 14.7 Å². The van der Waals surface area contributed by atoms with E-state index < -0.39 is 11.9 Å². The van der Waals surface area contributed by atoms with E-state index in [0.717, 1.165) is 23.3 Å². The standard InChI is InChI=1S/C23H27NO4/c1-2-14-28-19-11-8-17(9-12-19)10-13-22(25)24-15-20(21(16-24)23(26)27)18-6-4-3-5-7-18/h3-9,11-12,20-21H,2,10,13-16H2,1H3,(H,26,27). The summed E-state index contributed by atoms with van der Waals surface area (Å²) in [5.41, 5.74) is 2.05.